The van der Waals surface area contributed by atoms with Crippen molar-refractivity contribution in [1.29, 1.82) is 0 Å². The van der Waals surface area contributed by atoms with Gasteiger partial charge in [-0.3, -0.25) is 9.59 Å². The van der Waals surface area contributed by atoms with Crippen molar-refractivity contribution >= 4 is 11.7 Å². The molecule has 7 heteroatoms. The van der Waals surface area contributed by atoms with Gasteiger partial charge in [0.25, 0.3) is 0 Å². The molecule has 0 radical (unpaired) electrons. The predicted molar refractivity (Wildman–Crippen MR) is 100 cm³/mol. The van der Waals surface area contributed by atoms with Crippen LogP contribution >= 0.6 is 0 Å². The Kier molecular flexibility index (Phi) is 16.7. The van der Waals surface area contributed by atoms with E-state index < -0.39 is 0 Å². The first-order valence-electron chi connectivity index (χ1n) is 9.53. The highest BCUT2D eigenvalue weighted by Gasteiger charge is 2.06. The highest BCUT2D eigenvalue weighted by Crippen LogP contribution is 1.96. The van der Waals surface area contributed by atoms with E-state index in [0.717, 1.165) is 13.0 Å². The van der Waals surface area contributed by atoms with Gasteiger partial charge in [-0.15, -0.1) is 0 Å². The van der Waals surface area contributed by atoms with Crippen LogP contribution in [0.1, 0.15) is 40.5 Å². The Labute approximate surface area is 158 Å². The molecule has 26 heavy (non-hydrogen) atoms. The van der Waals surface area contributed by atoms with Crippen LogP contribution in [-0.2, 0) is 28.5 Å². The number of carbonyl (C=O) groups is 2. The molecular formula is C19H37NO6. The van der Waals surface area contributed by atoms with Gasteiger partial charge in [-0.25, -0.2) is 0 Å². The Hall–Kier alpha value is -1.02. The van der Waals surface area contributed by atoms with E-state index in [0.29, 0.717) is 58.5 Å². The average Bonchev–Trinajstić information content (AvgIpc) is 2.58. The number of nitrogens with one attached hydrogen (secondary N) is 1. The Balaban J connectivity index is 3.23. The summed E-state index contributed by atoms with van der Waals surface area (Å²) < 4.78 is 21.3. The van der Waals surface area contributed by atoms with Crippen LogP contribution in [0.15, 0.2) is 0 Å². The molecule has 0 bridgehead atoms. The van der Waals surface area contributed by atoms with Gasteiger partial charge in [-0.1, -0.05) is 27.7 Å². The minimum atomic E-state index is 0.00279. The lowest BCUT2D eigenvalue weighted by atomic mass is 10.1. The number of carbonyl (C=O) groups excluding carboxylic acids is 2. The molecule has 0 rings (SSSR count). The SMILES string of the molecule is CC(C)COCCCC(=O)NCCOCCOCCOCC(=O)C(C)C. The number of rotatable bonds is 18. The normalized spacial score (nSPS) is 11.3. The van der Waals surface area contributed by atoms with Gasteiger partial charge in [0.1, 0.15) is 6.61 Å². The molecule has 0 saturated heterocycles. The van der Waals surface area contributed by atoms with Crippen molar-refractivity contribution in [3.05, 3.63) is 0 Å². The molecule has 0 aliphatic heterocycles. The first-order chi connectivity index (χ1) is 12.4. The van der Waals surface area contributed by atoms with Crippen molar-refractivity contribution in [2.75, 3.05) is 59.4 Å². The van der Waals surface area contributed by atoms with E-state index in [9.17, 15) is 9.59 Å². The highest BCUT2D eigenvalue weighted by molar-refractivity contribution is 5.81. The monoisotopic (exact) mass is 375 g/mol. The topological polar surface area (TPSA) is 83.1 Å². The van der Waals surface area contributed by atoms with Gasteiger partial charge in [0.05, 0.1) is 33.0 Å². The number of ketones is 1. The average molecular weight is 376 g/mol. The van der Waals surface area contributed by atoms with E-state index in [2.05, 4.69) is 19.2 Å². The molecule has 0 aromatic carbocycles. The zero-order valence-corrected chi connectivity index (χ0v) is 16.9. The fourth-order valence-corrected chi connectivity index (χ4v) is 1.78. The highest BCUT2D eigenvalue weighted by atomic mass is 16.5. The lowest BCUT2D eigenvalue weighted by molar-refractivity contribution is -0.127. The maximum atomic E-state index is 11.6. The van der Waals surface area contributed by atoms with Crippen LogP contribution in [0.5, 0.6) is 0 Å². The molecule has 7 nitrogen and oxygen atoms in total. The van der Waals surface area contributed by atoms with E-state index in [1.807, 2.05) is 13.8 Å². The third-order valence-electron chi connectivity index (χ3n) is 3.34. The molecule has 0 fully saturated rings. The smallest absolute Gasteiger partial charge is 0.220 e. The molecular weight excluding hydrogens is 338 g/mol. The van der Waals surface area contributed by atoms with Crippen LogP contribution < -0.4 is 5.32 Å². The van der Waals surface area contributed by atoms with E-state index in [4.69, 9.17) is 18.9 Å². The van der Waals surface area contributed by atoms with Gasteiger partial charge in [-0.05, 0) is 12.3 Å². The van der Waals surface area contributed by atoms with E-state index in [-0.39, 0.29) is 24.2 Å². The second-order valence-corrected chi connectivity index (χ2v) is 6.82. The van der Waals surface area contributed by atoms with Crippen LogP contribution in [-0.4, -0.2) is 71.1 Å². The first kappa shape index (κ1) is 25.0. The number of hydrogen-bond acceptors (Lipinski definition) is 6. The lowest BCUT2D eigenvalue weighted by Crippen LogP contribution is -2.27. The summed E-state index contributed by atoms with van der Waals surface area (Å²) in [7, 11) is 0. The minimum absolute atomic E-state index is 0.00279. The van der Waals surface area contributed by atoms with Crippen molar-refractivity contribution < 1.29 is 28.5 Å². The van der Waals surface area contributed by atoms with Gasteiger partial charge in [0, 0.05) is 32.1 Å². The maximum absolute atomic E-state index is 11.6. The van der Waals surface area contributed by atoms with Gasteiger partial charge in [-0.2, -0.15) is 0 Å². The molecule has 1 amide bonds. The largest absolute Gasteiger partial charge is 0.381 e. The fourth-order valence-electron chi connectivity index (χ4n) is 1.78. The minimum Gasteiger partial charge on any atom is -0.381 e. The zero-order valence-electron chi connectivity index (χ0n) is 16.9. The van der Waals surface area contributed by atoms with Crippen molar-refractivity contribution in [1.82, 2.24) is 5.32 Å². The summed E-state index contributed by atoms with van der Waals surface area (Å²) in [5.41, 5.74) is 0. The van der Waals surface area contributed by atoms with Crippen molar-refractivity contribution in [3.8, 4) is 0 Å². The first-order valence-corrected chi connectivity index (χ1v) is 9.53. The van der Waals surface area contributed by atoms with Crippen molar-refractivity contribution in [3.63, 3.8) is 0 Å². The van der Waals surface area contributed by atoms with E-state index >= 15 is 0 Å². The predicted octanol–water partition coefficient (Wildman–Crippen LogP) is 1.83. The molecule has 0 heterocycles. The van der Waals surface area contributed by atoms with E-state index in [1.54, 1.807) is 0 Å². The summed E-state index contributed by atoms with van der Waals surface area (Å²) in [6.45, 7) is 12.1. The molecule has 0 saturated carbocycles. The maximum Gasteiger partial charge on any atom is 0.220 e. The number of hydrogen-bond donors (Lipinski definition) is 1. The second-order valence-electron chi connectivity index (χ2n) is 6.82. The number of amides is 1. The summed E-state index contributed by atoms with van der Waals surface area (Å²) >= 11 is 0. The standard InChI is InChI=1S/C19H37NO6/c1-16(2)14-25-8-5-6-19(22)20-7-9-23-10-11-24-12-13-26-15-18(21)17(3)4/h16-17H,5-15H2,1-4H3,(H,20,22). The van der Waals surface area contributed by atoms with E-state index in [1.165, 1.54) is 0 Å². The third kappa shape index (κ3) is 17.8. The summed E-state index contributed by atoms with van der Waals surface area (Å²) in [6, 6.07) is 0. The number of ether oxygens (including phenoxy) is 4. The van der Waals surface area contributed by atoms with Crippen LogP contribution in [0.2, 0.25) is 0 Å². The molecule has 0 aromatic rings. The molecule has 0 aliphatic carbocycles. The fraction of sp³-hybridized carbons (Fsp3) is 0.895. The quantitative estimate of drug-likeness (QED) is 0.368. The van der Waals surface area contributed by atoms with Gasteiger partial charge in [0.2, 0.25) is 5.91 Å². The molecule has 0 atom stereocenters. The Morgan fingerprint density at radius 3 is 2.04 bits per heavy atom. The van der Waals surface area contributed by atoms with Crippen LogP contribution in [0.25, 0.3) is 0 Å². The van der Waals surface area contributed by atoms with Crippen molar-refractivity contribution in [2.45, 2.75) is 40.5 Å². The van der Waals surface area contributed by atoms with Gasteiger partial charge in [0.15, 0.2) is 5.78 Å². The Morgan fingerprint density at radius 1 is 0.808 bits per heavy atom. The third-order valence-corrected chi connectivity index (χ3v) is 3.34. The molecule has 0 unspecified atom stereocenters. The lowest BCUT2D eigenvalue weighted by Gasteiger charge is -2.09. The zero-order chi connectivity index (χ0) is 19.6. The van der Waals surface area contributed by atoms with Crippen LogP contribution in [0.4, 0.5) is 0 Å². The Bertz CT molecular complexity index is 360. The second kappa shape index (κ2) is 17.4. The summed E-state index contributed by atoms with van der Waals surface area (Å²) in [5, 5.41) is 2.81. The molecule has 0 aliphatic rings. The molecule has 0 spiro atoms. The van der Waals surface area contributed by atoms with Crippen LogP contribution in [0, 0.1) is 11.8 Å². The number of Topliss-reactive ketones (excluding diaryl/α,β-unsaturated/α-hetero) is 1. The van der Waals surface area contributed by atoms with Gasteiger partial charge >= 0.3 is 0 Å². The summed E-state index contributed by atoms with van der Waals surface area (Å²) in [6.07, 6.45) is 1.21. The molecule has 154 valence electrons. The summed E-state index contributed by atoms with van der Waals surface area (Å²) in [4.78, 5) is 22.9. The molecule has 0 aromatic heterocycles. The Morgan fingerprint density at radius 2 is 1.42 bits per heavy atom. The van der Waals surface area contributed by atoms with Gasteiger partial charge < -0.3 is 24.3 Å². The van der Waals surface area contributed by atoms with Crippen LogP contribution in [0.3, 0.4) is 0 Å². The van der Waals surface area contributed by atoms with Crippen molar-refractivity contribution in [2.24, 2.45) is 11.8 Å². The summed E-state index contributed by atoms with van der Waals surface area (Å²) in [5.74, 6) is 0.638. The molecule has 1 N–H and O–H groups in total.